The number of carbonyl (C=O) groups excluding carboxylic acids is 1. The van der Waals surface area contributed by atoms with Gasteiger partial charge >= 0.3 is 0 Å². The number of rotatable bonds is 2. The van der Waals surface area contributed by atoms with Gasteiger partial charge in [0.1, 0.15) is 5.56 Å². The Labute approximate surface area is 171 Å². The predicted molar refractivity (Wildman–Crippen MR) is 112 cm³/mol. The fourth-order valence-electron chi connectivity index (χ4n) is 5.07. The van der Waals surface area contributed by atoms with Crippen LogP contribution in [-0.2, 0) is 12.8 Å². The molecule has 0 spiro atoms. The van der Waals surface area contributed by atoms with Crippen LogP contribution in [0.15, 0.2) is 35.3 Å². The van der Waals surface area contributed by atoms with E-state index >= 15 is 0 Å². The maximum absolute atomic E-state index is 13.3. The molecular weight excluding hydrogens is 374 g/mol. The van der Waals surface area contributed by atoms with E-state index in [-0.39, 0.29) is 23.9 Å². The molecule has 6 heteroatoms. The van der Waals surface area contributed by atoms with E-state index in [1.54, 1.807) is 4.57 Å². The van der Waals surface area contributed by atoms with E-state index < -0.39 is 0 Å². The summed E-state index contributed by atoms with van der Waals surface area (Å²) < 4.78 is 1.68. The summed E-state index contributed by atoms with van der Waals surface area (Å²) in [7, 11) is 0. The topological polar surface area (TPSA) is 54.3 Å². The van der Waals surface area contributed by atoms with Crippen LogP contribution in [0.1, 0.15) is 39.9 Å². The molecule has 5 nitrogen and oxygen atoms in total. The molecule has 0 unspecified atom stereocenters. The Morgan fingerprint density at radius 2 is 2.04 bits per heavy atom. The highest BCUT2D eigenvalue weighted by molar-refractivity contribution is 5.95. The third-order valence-corrected chi connectivity index (χ3v) is 6.55. The fourth-order valence-corrected chi connectivity index (χ4v) is 5.07. The summed E-state index contributed by atoms with van der Waals surface area (Å²) in [5.74, 6) is 0.410. The Hall–Kier alpha value is -2.11. The standard InChI is InChI=1S/C22H25N3O2.ClH/c1-14-9-11-25(19-7-3-5-15-4-2-6-17(15)19)22(27)20(14)21(26)24-12-16-8-10-23-18(16)13-24;/h3,5,7,9,11,16,18,23H,2,4,6,8,10,12-13H2,1H3;1H/t16-,18+;/m0./s1. The Kier molecular flexibility index (Phi) is 5.06. The molecule has 1 N–H and O–H groups in total. The van der Waals surface area contributed by atoms with Gasteiger partial charge in [0.15, 0.2) is 0 Å². The molecule has 2 aliphatic heterocycles. The summed E-state index contributed by atoms with van der Waals surface area (Å²) in [6, 6.07) is 8.45. The van der Waals surface area contributed by atoms with E-state index in [4.69, 9.17) is 0 Å². The highest BCUT2D eigenvalue weighted by Crippen LogP contribution is 2.28. The van der Waals surface area contributed by atoms with Gasteiger partial charge in [-0.1, -0.05) is 12.1 Å². The number of hydrogen-bond acceptors (Lipinski definition) is 3. The summed E-state index contributed by atoms with van der Waals surface area (Å²) >= 11 is 0. The van der Waals surface area contributed by atoms with Gasteiger partial charge in [0, 0.05) is 25.3 Å². The lowest BCUT2D eigenvalue weighted by Gasteiger charge is -2.19. The number of nitrogens with one attached hydrogen (secondary N) is 1. The highest BCUT2D eigenvalue weighted by Gasteiger charge is 2.39. The van der Waals surface area contributed by atoms with E-state index in [2.05, 4.69) is 11.4 Å². The lowest BCUT2D eigenvalue weighted by atomic mass is 10.1. The van der Waals surface area contributed by atoms with Gasteiger partial charge < -0.3 is 10.2 Å². The molecule has 28 heavy (non-hydrogen) atoms. The number of aromatic nitrogens is 1. The second kappa shape index (κ2) is 7.37. The van der Waals surface area contributed by atoms with Crippen molar-refractivity contribution in [3.05, 3.63) is 63.1 Å². The molecule has 0 saturated carbocycles. The van der Waals surface area contributed by atoms with Gasteiger partial charge in [0.25, 0.3) is 11.5 Å². The SMILES string of the molecule is Cc1ccn(-c2cccc3c2CCC3)c(=O)c1C(=O)N1C[C@@H]2CCN[C@@H]2C1.Cl. The van der Waals surface area contributed by atoms with Crippen LogP contribution >= 0.6 is 12.4 Å². The van der Waals surface area contributed by atoms with Crippen molar-refractivity contribution in [2.24, 2.45) is 5.92 Å². The highest BCUT2D eigenvalue weighted by atomic mass is 35.5. The van der Waals surface area contributed by atoms with Crippen molar-refractivity contribution in [3.63, 3.8) is 0 Å². The Balaban J connectivity index is 0.00000192. The summed E-state index contributed by atoms with van der Waals surface area (Å²) in [4.78, 5) is 28.4. The third kappa shape index (κ3) is 2.97. The van der Waals surface area contributed by atoms with Crippen LogP contribution in [0, 0.1) is 12.8 Å². The van der Waals surface area contributed by atoms with Gasteiger partial charge in [-0.25, -0.2) is 0 Å². The van der Waals surface area contributed by atoms with Crippen LogP contribution in [0.2, 0.25) is 0 Å². The number of carbonyl (C=O) groups is 1. The van der Waals surface area contributed by atoms with Crippen molar-refractivity contribution in [3.8, 4) is 5.69 Å². The molecule has 2 fully saturated rings. The van der Waals surface area contributed by atoms with Gasteiger partial charge in [-0.15, -0.1) is 12.4 Å². The van der Waals surface area contributed by atoms with Gasteiger partial charge in [-0.3, -0.25) is 14.2 Å². The number of likely N-dealkylation sites (tertiary alicyclic amines) is 1. The number of aryl methyl sites for hydroxylation is 2. The first kappa shape index (κ1) is 19.2. The molecule has 1 aromatic heterocycles. The van der Waals surface area contributed by atoms with Gasteiger partial charge in [-0.2, -0.15) is 0 Å². The number of nitrogens with zero attached hydrogens (tertiary/aromatic N) is 2. The molecule has 3 heterocycles. The molecule has 0 radical (unpaired) electrons. The van der Waals surface area contributed by atoms with Crippen LogP contribution in [0.3, 0.4) is 0 Å². The zero-order valence-electron chi connectivity index (χ0n) is 16.1. The van der Waals surface area contributed by atoms with Crippen molar-refractivity contribution in [1.29, 1.82) is 0 Å². The Bertz CT molecular complexity index is 972. The number of pyridine rings is 1. The maximum Gasteiger partial charge on any atom is 0.268 e. The minimum Gasteiger partial charge on any atom is -0.337 e. The van der Waals surface area contributed by atoms with Crippen LogP contribution < -0.4 is 10.9 Å². The largest absolute Gasteiger partial charge is 0.337 e. The first-order chi connectivity index (χ1) is 13.1. The molecular formula is C22H26ClN3O2. The summed E-state index contributed by atoms with van der Waals surface area (Å²) in [5.41, 5.74) is 4.41. The normalized spacial score (nSPS) is 22.7. The van der Waals surface area contributed by atoms with E-state index in [0.29, 0.717) is 24.1 Å². The third-order valence-electron chi connectivity index (χ3n) is 6.55. The van der Waals surface area contributed by atoms with Crippen molar-refractivity contribution >= 4 is 18.3 Å². The molecule has 148 valence electrons. The Morgan fingerprint density at radius 1 is 1.18 bits per heavy atom. The number of fused-ring (bicyclic) bond motifs is 2. The molecule has 1 aliphatic carbocycles. The van der Waals surface area contributed by atoms with Gasteiger partial charge in [-0.05, 0) is 73.9 Å². The molecule has 1 aromatic carbocycles. The van der Waals surface area contributed by atoms with E-state index in [1.807, 2.05) is 36.2 Å². The lowest BCUT2D eigenvalue weighted by Crippen LogP contribution is -2.38. The predicted octanol–water partition coefficient (Wildman–Crippen LogP) is 2.49. The van der Waals surface area contributed by atoms with Gasteiger partial charge in [0.2, 0.25) is 0 Å². The van der Waals surface area contributed by atoms with E-state index in [1.165, 1.54) is 11.1 Å². The fraction of sp³-hybridized carbons (Fsp3) is 0.455. The number of amides is 1. The average molecular weight is 400 g/mol. The summed E-state index contributed by atoms with van der Waals surface area (Å²) in [6.45, 7) is 4.36. The second-order valence-corrected chi connectivity index (χ2v) is 8.14. The molecule has 2 saturated heterocycles. The molecule has 5 rings (SSSR count). The molecule has 2 atom stereocenters. The minimum absolute atomic E-state index is 0. The second-order valence-electron chi connectivity index (χ2n) is 8.14. The van der Waals surface area contributed by atoms with Crippen LogP contribution in [0.5, 0.6) is 0 Å². The number of benzene rings is 1. The van der Waals surface area contributed by atoms with E-state index in [9.17, 15) is 9.59 Å². The van der Waals surface area contributed by atoms with Crippen molar-refractivity contribution in [2.75, 3.05) is 19.6 Å². The Morgan fingerprint density at radius 3 is 2.86 bits per heavy atom. The monoisotopic (exact) mass is 399 g/mol. The minimum atomic E-state index is -0.190. The summed E-state index contributed by atoms with van der Waals surface area (Å²) in [5, 5.41) is 3.47. The van der Waals surface area contributed by atoms with Crippen molar-refractivity contribution in [2.45, 2.75) is 38.6 Å². The quantitative estimate of drug-likeness (QED) is 0.844. The maximum atomic E-state index is 13.3. The van der Waals surface area contributed by atoms with Crippen LogP contribution in [0.4, 0.5) is 0 Å². The summed E-state index contributed by atoms with van der Waals surface area (Å²) in [6.07, 6.45) is 6.13. The lowest BCUT2D eigenvalue weighted by molar-refractivity contribution is 0.0779. The average Bonchev–Trinajstić information content (AvgIpc) is 3.37. The number of hydrogen-bond donors (Lipinski definition) is 1. The van der Waals surface area contributed by atoms with Crippen LogP contribution in [-0.4, -0.2) is 41.1 Å². The van der Waals surface area contributed by atoms with Crippen molar-refractivity contribution < 1.29 is 4.79 Å². The van der Waals surface area contributed by atoms with Crippen LogP contribution in [0.25, 0.3) is 5.69 Å². The molecule has 2 aromatic rings. The molecule has 0 bridgehead atoms. The zero-order valence-corrected chi connectivity index (χ0v) is 16.9. The first-order valence-electron chi connectivity index (χ1n) is 9.99. The molecule has 3 aliphatic rings. The van der Waals surface area contributed by atoms with Gasteiger partial charge in [0.05, 0.1) is 5.69 Å². The van der Waals surface area contributed by atoms with E-state index in [0.717, 1.165) is 50.0 Å². The van der Waals surface area contributed by atoms with Crippen molar-refractivity contribution in [1.82, 2.24) is 14.8 Å². The smallest absolute Gasteiger partial charge is 0.268 e. The zero-order chi connectivity index (χ0) is 18.5. The molecule has 1 amide bonds. The first-order valence-corrected chi connectivity index (χ1v) is 9.99. The number of halogens is 1.